The second-order valence-corrected chi connectivity index (χ2v) is 7.27. The Bertz CT molecular complexity index is 493. The van der Waals surface area contributed by atoms with E-state index < -0.39 is 10.0 Å². The van der Waals surface area contributed by atoms with Crippen LogP contribution in [0, 0.1) is 0 Å². The van der Waals surface area contributed by atoms with Gasteiger partial charge in [0.15, 0.2) is 0 Å². The maximum atomic E-state index is 11.2. The predicted octanol–water partition coefficient (Wildman–Crippen LogP) is 1.49. The summed E-state index contributed by atoms with van der Waals surface area (Å²) >= 11 is 1.97. The van der Waals surface area contributed by atoms with Crippen molar-refractivity contribution in [2.75, 3.05) is 11.5 Å². The molecular weight excluding hydrogens is 268 g/mol. The van der Waals surface area contributed by atoms with Gasteiger partial charge in [-0.3, -0.25) is 0 Å². The summed E-state index contributed by atoms with van der Waals surface area (Å²) in [6.07, 6.45) is 1.20. The van der Waals surface area contributed by atoms with Crippen molar-refractivity contribution in [2.45, 2.75) is 30.3 Å². The molecule has 1 aliphatic heterocycles. The Morgan fingerprint density at radius 3 is 2.56 bits per heavy atom. The van der Waals surface area contributed by atoms with E-state index in [1.165, 1.54) is 12.2 Å². The van der Waals surface area contributed by atoms with Gasteiger partial charge in [0, 0.05) is 17.8 Å². The lowest BCUT2D eigenvalue weighted by Crippen LogP contribution is -2.31. The summed E-state index contributed by atoms with van der Waals surface area (Å²) in [6.45, 7) is 2.09. The number of nitrogens with one attached hydrogen (secondary N) is 1. The average Bonchev–Trinajstić information content (AvgIpc) is 2.81. The minimum atomic E-state index is -3.59. The summed E-state index contributed by atoms with van der Waals surface area (Å²) in [5.74, 6) is 2.37. The summed E-state index contributed by atoms with van der Waals surface area (Å²) in [7, 11) is -3.59. The Kier molecular flexibility index (Phi) is 4.32. The molecular formula is C12H18N2O2S2. The smallest absolute Gasteiger partial charge is 0.238 e. The molecule has 3 N–H and O–H groups in total. The van der Waals surface area contributed by atoms with E-state index in [1.807, 2.05) is 23.9 Å². The second kappa shape index (κ2) is 5.61. The SMILES string of the molecule is CC(NC1CCSC1)c1ccc(S(N)(=O)=O)cc1. The van der Waals surface area contributed by atoms with Gasteiger partial charge in [-0.25, -0.2) is 13.6 Å². The maximum absolute atomic E-state index is 11.2. The highest BCUT2D eigenvalue weighted by Crippen LogP contribution is 2.21. The second-order valence-electron chi connectivity index (χ2n) is 4.56. The lowest BCUT2D eigenvalue weighted by Gasteiger charge is -2.19. The van der Waals surface area contributed by atoms with Gasteiger partial charge in [0.05, 0.1) is 4.90 Å². The number of thioether (sulfide) groups is 1. The molecule has 0 aliphatic carbocycles. The Morgan fingerprint density at radius 1 is 1.39 bits per heavy atom. The summed E-state index contributed by atoms with van der Waals surface area (Å²) in [4.78, 5) is 0.162. The zero-order valence-corrected chi connectivity index (χ0v) is 11.9. The van der Waals surface area contributed by atoms with Crippen LogP contribution in [0.25, 0.3) is 0 Å². The first-order chi connectivity index (χ1) is 8.47. The van der Waals surface area contributed by atoms with Crippen LogP contribution >= 0.6 is 11.8 Å². The van der Waals surface area contributed by atoms with Crippen molar-refractivity contribution in [2.24, 2.45) is 5.14 Å². The van der Waals surface area contributed by atoms with Crippen LogP contribution < -0.4 is 10.5 Å². The van der Waals surface area contributed by atoms with Crippen LogP contribution in [0.5, 0.6) is 0 Å². The third-order valence-electron chi connectivity index (χ3n) is 3.12. The fraction of sp³-hybridized carbons (Fsp3) is 0.500. The van der Waals surface area contributed by atoms with E-state index in [4.69, 9.17) is 5.14 Å². The van der Waals surface area contributed by atoms with Crippen molar-refractivity contribution >= 4 is 21.8 Å². The Hall–Kier alpha value is -0.560. The average molecular weight is 286 g/mol. The molecule has 18 heavy (non-hydrogen) atoms. The van der Waals surface area contributed by atoms with Crippen molar-refractivity contribution in [3.63, 3.8) is 0 Å². The lowest BCUT2D eigenvalue weighted by atomic mass is 10.1. The molecule has 2 rings (SSSR count). The van der Waals surface area contributed by atoms with Crippen molar-refractivity contribution in [1.29, 1.82) is 0 Å². The van der Waals surface area contributed by atoms with Crippen molar-refractivity contribution < 1.29 is 8.42 Å². The summed E-state index contributed by atoms with van der Waals surface area (Å²) in [6, 6.07) is 7.54. The van der Waals surface area contributed by atoms with E-state index in [0.29, 0.717) is 6.04 Å². The van der Waals surface area contributed by atoms with E-state index in [1.54, 1.807) is 12.1 Å². The lowest BCUT2D eigenvalue weighted by molar-refractivity contribution is 0.486. The first-order valence-corrected chi connectivity index (χ1v) is 8.63. The molecule has 0 bridgehead atoms. The van der Waals surface area contributed by atoms with Gasteiger partial charge in [-0.05, 0) is 36.8 Å². The summed E-state index contributed by atoms with van der Waals surface area (Å²) < 4.78 is 22.3. The number of rotatable bonds is 4. The topological polar surface area (TPSA) is 72.2 Å². The fourth-order valence-electron chi connectivity index (χ4n) is 2.06. The van der Waals surface area contributed by atoms with Crippen LogP contribution in [0.15, 0.2) is 29.2 Å². The monoisotopic (exact) mass is 286 g/mol. The zero-order chi connectivity index (χ0) is 13.2. The number of sulfonamides is 1. The Labute approximate surface area is 112 Å². The van der Waals surface area contributed by atoms with Gasteiger partial charge >= 0.3 is 0 Å². The molecule has 0 amide bonds. The van der Waals surface area contributed by atoms with E-state index in [2.05, 4.69) is 12.2 Å². The molecule has 1 aliphatic rings. The molecule has 2 unspecified atom stereocenters. The van der Waals surface area contributed by atoms with Gasteiger partial charge in [-0.1, -0.05) is 12.1 Å². The molecule has 0 radical (unpaired) electrons. The zero-order valence-electron chi connectivity index (χ0n) is 10.3. The Balaban J connectivity index is 2.04. The van der Waals surface area contributed by atoms with Crippen molar-refractivity contribution in [3.8, 4) is 0 Å². The molecule has 1 aromatic rings. The molecule has 2 atom stereocenters. The van der Waals surface area contributed by atoms with E-state index >= 15 is 0 Å². The van der Waals surface area contributed by atoms with Gasteiger partial charge in [0.25, 0.3) is 0 Å². The Morgan fingerprint density at radius 2 is 2.06 bits per heavy atom. The van der Waals surface area contributed by atoms with Gasteiger partial charge in [0.1, 0.15) is 0 Å². The van der Waals surface area contributed by atoms with Gasteiger partial charge in [0.2, 0.25) is 10.0 Å². The molecule has 1 heterocycles. The molecule has 6 heteroatoms. The molecule has 1 saturated heterocycles. The number of benzene rings is 1. The van der Waals surface area contributed by atoms with E-state index in [0.717, 1.165) is 11.3 Å². The molecule has 0 spiro atoms. The largest absolute Gasteiger partial charge is 0.307 e. The molecule has 100 valence electrons. The van der Waals surface area contributed by atoms with E-state index in [-0.39, 0.29) is 10.9 Å². The molecule has 0 aromatic heterocycles. The van der Waals surface area contributed by atoms with Gasteiger partial charge in [-0.2, -0.15) is 11.8 Å². The minimum Gasteiger partial charge on any atom is -0.307 e. The summed E-state index contributed by atoms with van der Waals surface area (Å²) in [5.41, 5.74) is 1.08. The first-order valence-electron chi connectivity index (χ1n) is 5.93. The van der Waals surface area contributed by atoms with Crippen molar-refractivity contribution in [3.05, 3.63) is 29.8 Å². The maximum Gasteiger partial charge on any atom is 0.238 e. The molecule has 4 nitrogen and oxygen atoms in total. The number of primary sulfonamides is 1. The van der Waals surface area contributed by atoms with E-state index in [9.17, 15) is 8.42 Å². The molecule has 1 fully saturated rings. The van der Waals surface area contributed by atoms with Crippen molar-refractivity contribution in [1.82, 2.24) is 5.32 Å². The predicted molar refractivity (Wildman–Crippen MR) is 75.1 cm³/mol. The van der Waals surface area contributed by atoms with Gasteiger partial charge < -0.3 is 5.32 Å². The minimum absolute atomic E-state index is 0.162. The highest BCUT2D eigenvalue weighted by Gasteiger charge is 2.18. The van der Waals surface area contributed by atoms with Gasteiger partial charge in [-0.15, -0.1) is 0 Å². The highest BCUT2D eigenvalue weighted by atomic mass is 32.2. The third-order valence-corrected chi connectivity index (χ3v) is 5.22. The third kappa shape index (κ3) is 3.47. The van der Waals surface area contributed by atoms with Crippen LogP contribution in [-0.4, -0.2) is 26.0 Å². The quantitative estimate of drug-likeness (QED) is 0.879. The number of hydrogen-bond donors (Lipinski definition) is 2. The number of nitrogens with two attached hydrogens (primary N) is 1. The normalized spacial score (nSPS) is 22.0. The molecule has 0 saturated carbocycles. The summed E-state index contributed by atoms with van der Waals surface area (Å²) in [5, 5.41) is 8.62. The van der Waals surface area contributed by atoms with Crippen LogP contribution in [0.2, 0.25) is 0 Å². The standard InChI is InChI=1S/C12H18N2O2S2/c1-9(14-11-6-7-17-8-11)10-2-4-12(5-3-10)18(13,15)16/h2-5,9,11,14H,6-8H2,1H3,(H2,13,15,16). The fourth-order valence-corrected chi connectivity index (χ4v) is 3.74. The highest BCUT2D eigenvalue weighted by molar-refractivity contribution is 7.99. The van der Waals surface area contributed by atoms with Crippen LogP contribution in [0.4, 0.5) is 0 Å². The first kappa shape index (κ1) is 13.9. The number of hydrogen-bond acceptors (Lipinski definition) is 4. The van der Waals surface area contributed by atoms with Crippen LogP contribution in [-0.2, 0) is 10.0 Å². The molecule has 1 aromatic carbocycles. The van der Waals surface area contributed by atoms with Crippen LogP contribution in [0.1, 0.15) is 24.9 Å². The van der Waals surface area contributed by atoms with Crippen LogP contribution in [0.3, 0.4) is 0 Å².